The van der Waals surface area contributed by atoms with E-state index in [0.717, 1.165) is 86.2 Å². The Balaban J connectivity index is 1.50. The van der Waals surface area contributed by atoms with Crippen LogP contribution in [0.4, 0.5) is 0 Å². The lowest BCUT2D eigenvalue weighted by molar-refractivity contribution is 0.112. The van der Waals surface area contributed by atoms with Gasteiger partial charge in [-0.25, -0.2) is 4.98 Å². The maximum Gasteiger partial charge on any atom is 0.150 e. The molecule has 0 fully saturated rings. The van der Waals surface area contributed by atoms with E-state index < -0.39 is 0 Å². The van der Waals surface area contributed by atoms with Crippen LogP contribution in [0.15, 0.2) is 73.1 Å². The summed E-state index contributed by atoms with van der Waals surface area (Å²) in [5.41, 5.74) is 7.58. The van der Waals surface area contributed by atoms with Crippen LogP contribution in [0.1, 0.15) is 30.1 Å². The van der Waals surface area contributed by atoms with Crippen molar-refractivity contribution in [3.05, 3.63) is 78.6 Å². The van der Waals surface area contributed by atoms with Crippen LogP contribution in [-0.4, -0.2) is 30.8 Å². The van der Waals surface area contributed by atoms with E-state index in [1.54, 1.807) is 12.4 Å². The number of aromatic nitrogens is 5. The second kappa shape index (κ2) is 7.99. The predicted octanol–water partition coefficient (Wildman–Crippen LogP) is 7.05. The number of hydrogen-bond donors (Lipinski definition) is 1. The molecule has 6 nitrogen and oxygen atoms in total. The summed E-state index contributed by atoms with van der Waals surface area (Å²) in [6, 6.07) is 20.4. The van der Waals surface area contributed by atoms with Gasteiger partial charge in [0, 0.05) is 62.6 Å². The molecule has 4 heterocycles. The summed E-state index contributed by atoms with van der Waals surface area (Å²) in [5, 5.41) is 4.20. The van der Waals surface area contributed by atoms with E-state index in [0.29, 0.717) is 5.56 Å². The molecule has 0 aliphatic rings. The van der Waals surface area contributed by atoms with Crippen LogP contribution in [0, 0.1) is 0 Å². The number of imidazole rings is 1. The topological polar surface area (TPSA) is 76.5 Å². The highest BCUT2D eigenvalue weighted by Gasteiger charge is 2.17. The molecule has 0 aliphatic carbocycles. The largest absolute Gasteiger partial charge is 0.340 e. The Kier molecular flexibility index (Phi) is 4.61. The van der Waals surface area contributed by atoms with Crippen molar-refractivity contribution in [1.29, 1.82) is 0 Å². The number of carbonyl (C=O) groups is 1. The second-order valence-electron chi connectivity index (χ2n) is 9.24. The number of nitrogens with zero attached hydrogens (tertiary/aromatic N) is 4. The molecule has 7 rings (SSSR count). The number of aryl methyl sites for hydroxylation is 1. The third kappa shape index (κ3) is 2.97. The lowest BCUT2D eigenvalue weighted by atomic mass is 10.1. The van der Waals surface area contributed by atoms with Crippen LogP contribution in [0.5, 0.6) is 0 Å². The first-order valence-corrected chi connectivity index (χ1v) is 12.3. The zero-order valence-electron chi connectivity index (χ0n) is 19.8. The molecule has 0 atom stereocenters. The minimum Gasteiger partial charge on any atom is -0.340 e. The number of fused-ring (bicyclic) bond motifs is 9. The second-order valence-corrected chi connectivity index (χ2v) is 9.24. The smallest absolute Gasteiger partial charge is 0.150 e. The van der Waals surface area contributed by atoms with Gasteiger partial charge in [-0.15, -0.1) is 0 Å². The van der Waals surface area contributed by atoms with Crippen LogP contribution in [0.3, 0.4) is 0 Å². The number of nitrogens with one attached hydrogen (secondary N) is 1. The normalized spacial score (nSPS) is 11.9. The van der Waals surface area contributed by atoms with E-state index >= 15 is 0 Å². The maximum atomic E-state index is 11.5. The Hall–Kier alpha value is -4.58. The molecule has 0 radical (unpaired) electrons. The van der Waals surface area contributed by atoms with Gasteiger partial charge in [0.05, 0.1) is 22.1 Å². The summed E-state index contributed by atoms with van der Waals surface area (Å²) in [4.78, 5) is 29.4. The quantitative estimate of drug-likeness (QED) is 0.216. The average Bonchev–Trinajstić information content (AvgIpc) is 3.52. The number of hydrogen-bond acceptors (Lipinski definition) is 4. The lowest BCUT2D eigenvalue weighted by Gasteiger charge is -2.06. The van der Waals surface area contributed by atoms with E-state index in [-0.39, 0.29) is 0 Å². The van der Waals surface area contributed by atoms with Crippen molar-refractivity contribution in [2.24, 2.45) is 0 Å². The monoisotopic (exact) mass is 469 g/mol. The Morgan fingerprint density at radius 1 is 0.833 bits per heavy atom. The summed E-state index contributed by atoms with van der Waals surface area (Å²) in [6.07, 6.45) is 6.73. The molecule has 0 amide bonds. The van der Waals surface area contributed by atoms with Gasteiger partial charge in [-0.05, 0) is 67.1 Å². The molecule has 0 unspecified atom stereocenters. The third-order valence-electron chi connectivity index (χ3n) is 7.10. The number of benzene rings is 3. The summed E-state index contributed by atoms with van der Waals surface area (Å²) < 4.78 is 2.36. The number of unbranched alkanes of at least 4 members (excludes halogenated alkanes) is 1. The minimum atomic E-state index is 0.684. The predicted molar refractivity (Wildman–Crippen MR) is 145 cm³/mol. The summed E-state index contributed by atoms with van der Waals surface area (Å²) >= 11 is 0. The number of aldehydes is 1. The van der Waals surface area contributed by atoms with Gasteiger partial charge in [-0.1, -0.05) is 13.3 Å². The van der Waals surface area contributed by atoms with Crippen LogP contribution in [-0.2, 0) is 6.54 Å². The first-order valence-electron chi connectivity index (χ1n) is 12.3. The van der Waals surface area contributed by atoms with Gasteiger partial charge in [0.25, 0.3) is 0 Å². The van der Waals surface area contributed by atoms with E-state index in [4.69, 9.17) is 4.98 Å². The van der Waals surface area contributed by atoms with Gasteiger partial charge in [0.15, 0.2) is 0 Å². The molecule has 3 aromatic carbocycles. The Morgan fingerprint density at radius 2 is 1.56 bits per heavy atom. The van der Waals surface area contributed by atoms with Crippen molar-refractivity contribution in [2.45, 2.75) is 26.3 Å². The Labute approximate surface area is 206 Å². The SMILES string of the molecule is CCCCn1c2ccc(C=O)cc2c2cc(-c3nc4c5cccnc5c5ncccc5c4[nH]3)ccc21. The van der Waals surface area contributed by atoms with E-state index in [1.807, 2.05) is 24.3 Å². The van der Waals surface area contributed by atoms with Crippen LogP contribution in [0.25, 0.3) is 66.0 Å². The first-order chi connectivity index (χ1) is 17.8. The van der Waals surface area contributed by atoms with Gasteiger partial charge in [0.2, 0.25) is 0 Å². The zero-order chi connectivity index (χ0) is 24.2. The number of aromatic amines is 1. The van der Waals surface area contributed by atoms with E-state index in [2.05, 4.69) is 62.8 Å². The first kappa shape index (κ1) is 20.8. The highest BCUT2D eigenvalue weighted by Crippen LogP contribution is 2.36. The fourth-order valence-electron chi connectivity index (χ4n) is 5.38. The molecule has 174 valence electrons. The summed E-state index contributed by atoms with van der Waals surface area (Å²) in [7, 11) is 0. The van der Waals surface area contributed by atoms with Gasteiger partial charge in [0.1, 0.15) is 12.1 Å². The fourth-order valence-corrected chi connectivity index (χ4v) is 5.38. The van der Waals surface area contributed by atoms with E-state index in [9.17, 15) is 4.79 Å². The van der Waals surface area contributed by atoms with Gasteiger partial charge >= 0.3 is 0 Å². The van der Waals surface area contributed by atoms with Gasteiger partial charge in [-0.2, -0.15) is 0 Å². The van der Waals surface area contributed by atoms with Crippen molar-refractivity contribution < 1.29 is 4.79 Å². The fraction of sp³-hybridized carbons (Fsp3) is 0.133. The average molecular weight is 470 g/mol. The molecule has 0 spiro atoms. The molecule has 0 bridgehead atoms. The lowest BCUT2D eigenvalue weighted by Crippen LogP contribution is -1.97. The number of pyridine rings is 2. The number of rotatable bonds is 5. The molecule has 0 saturated carbocycles. The zero-order valence-corrected chi connectivity index (χ0v) is 19.8. The summed E-state index contributed by atoms with van der Waals surface area (Å²) in [5.74, 6) is 0.800. The highest BCUT2D eigenvalue weighted by molar-refractivity contribution is 6.21. The molecule has 0 saturated heterocycles. The molecule has 0 aliphatic heterocycles. The van der Waals surface area contributed by atoms with Crippen LogP contribution < -0.4 is 0 Å². The van der Waals surface area contributed by atoms with Crippen molar-refractivity contribution in [2.75, 3.05) is 0 Å². The molecule has 36 heavy (non-hydrogen) atoms. The Bertz CT molecular complexity index is 1890. The maximum absolute atomic E-state index is 11.5. The molecule has 6 heteroatoms. The van der Waals surface area contributed by atoms with Gasteiger partial charge < -0.3 is 9.55 Å². The van der Waals surface area contributed by atoms with Crippen molar-refractivity contribution in [1.82, 2.24) is 24.5 Å². The molecule has 1 N–H and O–H groups in total. The van der Waals surface area contributed by atoms with Crippen LogP contribution >= 0.6 is 0 Å². The van der Waals surface area contributed by atoms with Crippen molar-refractivity contribution in [3.63, 3.8) is 0 Å². The molecular weight excluding hydrogens is 446 g/mol. The van der Waals surface area contributed by atoms with Crippen molar-refractivity contribution >= 4 is 60.9 Å². The molecular formula is C30H23N5O. The highest BCUT2D eigenvalue weighted by atomic mass is 16.1. The van der Waals surface area contributed by atoms with Crippen molar-refractivity contribution in [3.8, 4) is 11.4 Å². The van der Waals surface area contributed by atoms with Crippen LogP contribution in [0.2, 0.25) is 0 Å². The molecule has 4 aromatic heterocycles. The van der Waals surface area contributed by atoms with Gasteiger partial charge in [-0.3, -0.25) is 14.8 Å². The molecule has 7 aromatic rings. The summed E-state index contributed by atoms with van der Waals surface area (Å²) in [6.45, 7) is 3.15. The number of carbonyl (C=O) groups excluding carboxylic acids is 1. The minimum absolute atomic E-state index is 0.684. The standard InChI is InChI=1S/C30H23N5O/c1-2-3-14-35-24-10-8-18(17-36)15-22(24)23-16-19(9-11-25(23)35)30-33-28-20-6-4-12-31-26(20)27-21(29(28)34-30)7-5-13-32-27/h4-13,15-17H,2-3,14H2,1H3,(H,33,34). The Morgan fingerprint density at radius 3 is 2.33 bits per heavy atom. The third-order valence-corrected chi connectivity index (χ3v) is 7.10. The number of H-pyrrole nitrogens is 1. The van der Waals surface area contributed by atoms with E-state index in [1.165, 1.54) is 5.52 Å².